The second-order valence-electron chi connectivity index (χ2n) is 5.47. The molecule has 0 radical (unpaired) electrons. The van der Waals surface area contributed by atoms with Gasteiger partial charge in [0.05, 0.1) is 11.2 Å². The molecule has 1 aliphatic heterocycles. The Hall–Kier alpha value is -2.04. The number of aromatic nitrogens is 2. The van der Waals surface area contributed by atoms with Crippen molar-refractivity contribution in [3.63, 3.8) is 0 Å². The molecule has 1 aromatic heterocycles. The van der Waals surface area contributed by atoms with Gasteiger partial charge in [0.25, 0.3) is 0 Å². The van der Waals surface area contributed by atoms with Crippen LogP contribution in [0, 0.1) is 0 Å². The van der Waals surface area contributed by atoms with Crippen molar-refractivity contribution < 1.29 is 0 Å². The Balaban J connectivity index is 1.91. The Labute approximate surface area is 134 Å². The molecule has 1 aliphatic rings. The van der Waals surface area contributed by atoms with Crippen LogP contribution in [-0.4, -0.2) is 36.0 Å². The first-order valence-electron chi connectivity index (χ1n) is 7.52. The van der Waals surface area contributed by atoms with E-state index in [1.165, 1.54) is 0 Å². The zero-order chi connectivity index (χ0) is 14.9. The van der Waals surface area contributed by atoms with E-state index in [2.05, 4.69) is 28.4 Å². The van der Waals surface area contributed by atoms with Crippen molar-refractivity contribution in [3.8, 4) is 5.69 Å². The topological polar surface area (TPSA) is 33.1 Å². The molecule has 5 heteroatoms. The summed E-state index contributed by atoms with van der Waals surface area (Å²) in [6.07, 6.45) is 0. The molecule has 0 bridgehead atoms. The van der Waals surface area contributed by atoms with Crippen molar-refractivity contribution in [2.24, 2.45) is 0 Å². The van der Waals surface area contributed by atoms with Crippen molar-refractivity contribution in [1.82, 2.24) is 15.1 Å². The molecular weight excluding hydrogens is 296 g/mol. The number of nitrogens with one attached hydrogen (secondary N) is 1. The van der Waals surface area contributed by atoms with Crippen LogP contribution in [0.3, 0.4) is 0 Å². The molecule has 1 saturated heterocycles. The highest BCUT2D eigenvalue weighted by Crippen LogP contribution is 2.30. The lowest BCUT2D eigenvalue weighted by Crippen LogP contribution is -2.43. The van der Waals surface area contributed by atoms with E-state index in [0.717, 1.165) is 53.6 Å². The van der Waals surface area contributed by atoms with Crippen molar-refractivity contribution in [3.05, 3.63) is 53.6 Å². The molecule has 112 valence electrons. The quantitative estimate of drug-likeness (QED) is 0.789. The molecule has 1 fully saturated rings. The highest BCUT2D eigenvalue weighted by Gasteiger charge is 2.19. The minimum atomic E-state index is 0.733. The summed E-state index contributed by atoms with van der Waals surface area (Å²) in [5.41, 5.74) is 2.10. The van der Waals surface area contributed by atoms with Crippen molar-refractivity contribution in [2.75, 3.05) is 31.1 Å². The summed E-state index contributed by atoms with van der Waals surface area (Å²) < 4.78 is 1.98. The first-order chi connectivity index (χ1) is 10.8. The molecule has 0 saturated carbocycles. The summed E-state index contributed by atoms with van der Waals surface area (Å²) in [6, 6.07) is 16.2. The third-order valence-electron chi connectivity index (χ3n) is 4.04. The predicted octanol–water partition coefficient (Wildman–Crippen LogP) is 3.09. The summed E-state index contributed by atoms with van der Waals surface area (Å²) in [4.78, 5) is 2.34. The summed E-state index contributed by atoms with van der Waals surface area (Å²) in [6.45, 7) is 3.94. The van der Waals surface area contributed by atoms with Gasteiger partial charge in [0.2, 0.25) is 0 Å². The van der Waals surface area contributed by atoms with Gasteiger partial charge < -0.3 is 10.2 Å². The zero-order valence-corrected chi connectivity index (χ0v) is 12.9. The third kappa shape index (κ3) is 2.34. The van der Waals surface area contributed by atoms with E-state index in [1.807, 2.05) is 35.0 Å². The largest absolute Gasteiger partial charge is 0.352 e. The first-order valence-corrected chi connectivity index (χ1v) is 7.90. The molecule has 2 aromatic carbocycles. The zero-order valence-electron chi connectivity index (χ0n) is 12.2. The van der Waals surface area contributed by atoms with Gasteiger partial charge >= 0.3 is 0 Å². The molecule has 2 heterocycles. The maximum Gasteiger partial charge on any atom is 0.159 e. The highest BCUT2D eigenvalue weighted by molar-refractivity contribution is 6.31. The number of benzene rings is 2. The maximum atomic E-state index is 6.21. The third-order valence-corrected chi connectivity index (χ3v) is 4.28. The summed E-state index contributed by atoms with van der Waals surface area (Å²) >= 11 is 6.21. The monoisotopic (exact) mass is 312 g/mol. The van der Waals surface area contributed by atoms with Crippen molar-refractivity contribution in [1.29, 1.82) is 0 Å². The Bertz CT molecular complexity index is 791. The van der Waals surface area contributed by atoms with Gasteiger partial charge in [0.15, 0.2) is 5.82 Å². The molecule has 0 atom stereocenters. The summed E-state index contributed by atoms with van der Waals surface area (Å²) in [5, 5.41) is 10.1. The molecule has 0 amide bonds. The normalized spacial score (nSPS) is 15.4. The van der Waals surface area contributed by atoms with E-state index in [0.29, 0.717) is 0 Å². The Morgan fingerprint density at radius 1 is 1.00 bits per heavy atom. The molecule has 0 aliphatic carbocycles. The molecule has 0 spiro atoms. The number of piperazine rings is 1. The van der Waals surface area contributed by atoms with Gasteiger partial charge in [-0.15, -0.1) is 5.10 Å². The fraction of sp³-hybridized carbons (Fsp3) is 0.235. The molecular formula is C17H17ClN4. The highest BCUT2D eigenvalue weighted by atomic mass is 35.5. The number of rotatable bonds is 2. The van der Waals surface area contributed by atoms with Crippen LogP contribution in [0.5, 0.6) is 0 Å². The minimum absolute atomic E-state index is 0.733. The lowest BCUT2D eigenvalue weighted by Gasteiger charge is -2.27. The van der Waals surface area contributed by atoms with Crippen molar-refractivity contribution >= 4 is 28.3 Å². The number of anilines is 1. The maximum absolute atomic E-state index is 6.21. The Morgan fingerprint density at radius 3 is 2.55 bits per heavy atom. The van der Waals surface area contributed by atoms with Crippen LogP contribution in [0.1, 0.15) is 0 Å². The number of nitrogens with zero attached hydrogens (tertiary/aromatic N) is 3. The lowest BCUT2D eigenvalue weighted by molar-refractivity contribution is 0.584. The fourth-order valence-corrected chi connectivity index (χ4v) is 3.11. The number of para-hydroxylation sites is 1. The molecule has 0 unspecified atom stereocenters. The van der Waals surface area contributed by atoms with Crippen LogP contribution in [0.2, 0.25) is 5.02 Å². The van der Waals surface area contributed by atoms with Gasteiger partial charge in [-0.3, -0.25) is 0 Å². The predicted molar refractivity (Wildman–Crippen MR) is 91.2 cm³/mol. The van der Waals surface area contributed by atoms with Crippen LogP contribution in [-0.2, 0) is 0 Å². The molecule has 3 aromatic rings. The van der Waals surface area contributed by atoms with E-state index >= 15 is 0 Å². The molecule has 1 N–H and O–H groups in total. The van der Waals surface area contributed by atoms with Gasteiger partial charge in [-0.05, 0) is 30.3 Å². The van der Waals surface area contributed by atoms with E-state index in [4.69, 9.17) is 16.7 Å². The van der Waals surface area contributed by atoms with E-state index in [1.54, 1.807) is 0 Å². The molecule has 4 rings (SSSR count). The fourth-order valence-electron chi connectivity index (χ4n) is 2.95. The van der Waals surface area contributed by atoms with Crippen molar-refractivity contribution in [2.45, 2.75) is 0 Å². The van der Waals surface area contributed by atoms with E-state index in [-0.39, 0.29) is 0 Å². The molecule has 22 heavy (non-hydrogen) atoms. The van der Waals surface area contributed by atoms with Gasteiger partial charge in [-0.2, -0.15) is 0 Å². The average molecular weight is 313 g/mol. The number of fused-ring (bicyclic) bond motifs is 1. The second kappa shape index (κ2) is 5.63. The van der Waals surface area contributed by atoms with Crippen LogP contribution in [0.15, 0.2) is 48.5 Å². The Kier molecular flexibility index (Phi) is 3.48. The van der Waals surface area contributed by atoms with Gasteiger partial charge in [-0.25, -0.2) is 4.68 Å². The second-order valence-corrected chi connectivity index (χ2v) is 5.91. The number of hydrogen-bond acceptors (Lipinski definition) is 3. The first kappa shape index (κ1) is 13.6. The van der Waals surface area contributed by atoms with Crippen LogP contribution in [0.25, 0.3) is 16.6 Å². The number of halogens is 1. The van der Waals surface area contributed by atoms with Gasteiger partial charge in [0, 0.05) is 36.6 Å². The lowest BCUT2D eigenvalue weighted by atomic mass is 10.2. The van der Waals surface area contributed by atoms with Crippen LogP contribution in [0.4, 0.5) is 5.82 Å². The Morgan fingerprint density at radius 2 is 1.77 bits per heavy atom. The smallest absolute Gasteiger partial charge is 0.159 e. The summed E-state index contributed by atoms with van der Waals surface area (Å²) in [5.74, 6) is 1.04. The summed E-state index contributed by atoms with van der Waals surface area (Å²) in [7, 11) is 0. The molecule has 4 nitrogen and oxygen atoms in total. The van der Waals surface area contributed by atoms with E-state index in [9.17, 15) is 0 Å². The number of hydrogen-bond donors (Lipinski definition) is 1. The van der Waals surface area contributed by atoms with Crippen LogP contribution >= 0.6 is 11.6 Å². The van der Waals surface area contributed by atoms with Gasteiger partial charge in [0.1, 0.15) is 0 Å². The van der Waals surface area contributed by atoms with Crippen LogP contribution < -0.4 is 10.2 Å². The standard InChI is InChI=1S/C17H17ClN4/c18-13-6-7-15-16(12-13)22(14-4-2-1-3-5-14)20-17(15)21-10-8-19-9-11-21/h1-7,12,19H,8-11H2. The van der Waals surface area contributed by atoms with E-state index < -0.39 is 0 Å². The van der Waals surface area contributed by atoms with Gasteiger partial charge in [-0.1, -0.05) is 29.8 Å². The SMILES string of the molecule is Clc1ccc2c(N3CCNCC3)nn(-c3ccccc3)c2c1. The average Bonchev–Trinajstić information content (AvgIpc) is 2.95. The minimum Gasteiger partial charge on any atom is -0.352 e.